The summed E-state index contributed by atoms with van der Waals surface area (Å²) in [6.07, 6.45) is -1.44. The highest BCUT2D eigenvalue weighted by atomic mass is 16.6. The first-order valence-electron chi connectivity index (χ1n) is 2.01. The van der Waals surface area contributed by atoms with Crippen LogP contribution in [0.4, 0.5) is 0 Å². The maximum atomic E-state index is 10.1. The number of rotatable bonds is 2. The van der Waals surface area contributed by atoms with Crippen molar-refractivity contribution in [2.24, 2.45) is 0 Å². The van der Waals surface area contributed by atoms with Crippen molar-refractivity contribution in [3.8, 4) is 0 Å². The van der Waals surface area contributed by atoms with Gasteiger partial charge in [-0.3, -0.25) is 0 Å². The summed E-state index contributed by atoms with van der Waals surface area (Å²) in [5.41, 5.74) is 0. The monoisotopic (exact) mass is 120 g/mol. The topological polar surface area (TPSA) is 55.8 Å². The predicted octanol–water partition coefficient (Wildman–Crippen LogP) is -0.876. The highest BCUT2D eigenvalue weighted by molar-refractivity contribution is 5.72. The van der Waals surface area contributed by atoms with Gasteiger partial charge in [-0.05, 0) is 0 Å². The van der Waals surface area contributed by atoms with Crippen LogP contribution in [0.15, 0.2) is 0 Å². The van der Waals surface area contributed by atoms with Crippen molar-refractivity contribution in [2.75, 3.05) is 14.2 Å². The average molecular weight is 120 g/mol. The van der Waals surface area contributed by atoms with Crippen molar-refractivity contribution in [1.29, 1.82) is 0 Å². The lowest BCUT2D eigenvalue weighted by atomic mass is 10.7. The third-order valence-corrected chi connectivity index (χ3v) is 0.626. The van der Waals surface area contributed by atoms with Crippen molar-refractivity contribution in [3.05, 3.63) is 0 Å². The summed E-state index contributed by atoms with van der Waals surface area (Å²) in [6, 6.07) is 0. The van der Waals surface area contributed by atoms with Crippen molar-refractivity contribution in [2.45, 2.75) is 6.29 Å². The number of aliphatic hydroxyl groups excluding tert-OH is 1. The van der Waals surface area contributed by atoms with Gasteiger partial charge in [0, 0.05) is 7.11 Å². The molecule has 48 valence electrons. The predicted molar refractivity (Wildman–Crippen MR) is 25.0 cm³/mol. The Hall–Kier alpha value is -0.610. The van der Waals surface area contributed by atoms with E-state index in [1.54, 1.807) is 0 Å². The summed E-state index contributed by atoms with van der Waals surface area (Å²) in [7, 11) is 2.38. The van der Waals surface area contributed by atoms with Gasteiger partial charge in [0.15, 0.2) is 0 Å². The van der Waals surface area contributed by atoms with Crippen LogP contribution in [-0.4, -0.2) is 31.6 Å². The molecule has 0 rings (SSSR count). The molecule has 0 bridgehead atoms. The van der Waals surface area contributed by atoms with Crippen LogP contribution in [0.3, 0.4) is 0 Å². The summed E-state index contributed by atoms with van der Waals surface area (Å²) in [4.78, 5) is 10.1. The molecule has 1 atom stereocenters. The molecule has 0 spiro atoms. The number of methoxy groups -OCH3 is 2. The summed E-state index contributed by atoms with van der Waals surface area (Å²) in [5, 5.41) is 8.43. The zero-order valence-electron chi connectivity index (χ0n) is 4.75. The SMILES string of the molecule is COC(=O)[C@@H](O)OC. The minimum absolute atomic E-state index is 0.785. The summed E-state index contributed by atoms with van der Waals surface area (Å²) >= 11 is 0. The molecule has 4 heteroatoms. The highest BCUT2D eigenvalue weighted by Crippen LogP contribution is 1.84. The number of carbonyl (C=O) groups excluding carboxylic acids is 1. The van der Waals surface area contributed by atoms with Crippen LogP contribution in [0.2, 0.25) is 0 Å². The molecule has 0 aromatic rings. The van der Waals surface area contributed by atoms with Gasteiger partial charge < -0.3 is 14.6 Å². The van der Waals surface area contributed by atoms with Gasteiger partial charge in [-0.1, -0.05) is 0 Å². The van der Waals surface area contributed by atoms with Crippen LogP contribution in [0.25, 0.3) is 0 Å². The Balaban J connectivity index is 3.46. The van der Waals surface area contributed by atoms with E-state index in [1.165, 1.54) is 14.2 Å². The maximum Gasteiger partial charge on any atom is 0.362 e. The van der Waals surface area contributed by atoms with Crippen molar-refractivity contribution in [3.63, 3.8) is 0 Å². The van der Waals surface area contributed by atoms with E-state index in [2.05, 4.69) is 9.47 Å². The second-order valence-corrected chi connectivity index (χ2v) is 1.11. The minimum atomic E-state index is -1.44. The maximum absolute atomic E-state index is 10.1. The molecule has 0 saturated carbocycles. The number of esters is 1. The van der Waals surface area contributed by atoms with E-state index in [9.17, 15) is 4.79 Å². The Labute approximate surface area is 47.0 Å². The molecule has 0 aliphatic heterocycles. The fourth-order valence-electron chi connectivity index (χ4n) is 0.197. The van der Waals surface area contributed by atoms with Crippen molar-refractivity contribution in [1.82, 2.24) is 0 Å². The second-order valence-electron chi connectivity index (χ2n) is 1.11. The van der Waals surface area contributed by atoms with Crippen LogP contribution in [0, 0.1) is 0 Å². The smallest absolute Gasteiger partial charge is 0.362 e. The van der Waals surface area contributed by atoms with Gasteiger partial charge in [-0.25, -0.2) is 4.79 Å². The van der Waals surface area contributed by atoms with Gasteiger partial charge in [-0.2, -0.15) is 0 Å². The normalized spacial score (nSPS) is 12.9. The zero-order valence-corrected chi connectivity index (χ0v) is 4.75. The van der Waals surface area contributed by atoms with Crippen LogP contribution >= 0.6 is 0 Å². The Morgan fingerprint density at radius 1 is 1.62 bits per heavy atom. The lowest BCUT2D eigenvalue weighted by Crippen LogP contribution is -2.23. The Kier molecular flexibility index (Phi) is 3.14. The number of hydrogen-bond donors (Lipinski definition) is 1. The molecule has 1 N–H and O–H groups in total. The van der Waals surface area contributed by atoms with Gasteiger partial charge in [0.1, 0.15) is 0 Å². The van der Waals surface area contributed by atoms with Crippen molar-refractivity contribution >= 4 is 5.97 Å². The van der Waals surface area contributed by atoms with Gasteiger partial charge in [0.05, 0.1) is 7.11 Å². The zero-order chi connectivity index (χ0) is 6.57. The molecule has 0 amide bonds. The van der Waals surface area contributed by atoms with Crippen LogP contribution in [0.1, 0.15) is 0 Å². The quantitative estimate of drug-likeness (QED) is 0.380. The highest BCUT2D eigenvalue weighted by Gasteiger charge is 2.11. The fourth-order valence-corrected chi connectivity index (χ4v) is 0.197. The molecule has 0 aromatic carbocycles. The van der Waals surface area contributed by atoms with Crippen molar-refractivity contribution < 1.29 is 19.4 Å². The second kappa shape index (κ2) is 3.40. The standard InChI is InChI=1S/C4H8O4/c1-7-3(5)4(6)8-2/h3,5H,1-2H3/t3-/m0/s1. The number of aliphatic hydroxyl groups is 1. The van der Waals surface area contributed by atoms with Crippen LogP contribution < -0.4 is 0 Å². The third-order valence-electron chi connectivity index (χ3n) is 0.626. The number of hydrogen-bond acceptors (Lipinski definition) is 4. The molecule has 0 saturated heterocycles. The van der Waals surface area contributed by atoms with E-state index >= 15 is 0 Å². The van der Waals surface area contributed by atoms with E-state index < -0.39 is 12.3 Å². The van der Waals surface area contributed by atoms with Gasteiger partial charge in [0.2, 0.25) is 0 Å². The molecule has 0 aliphatic rings. The van der Waals surface area contributed by atoms with E-state index in [-0.39, 0.29) is 0 Å². The summed E-state index contributed by atoms with van der Waals surface area (Å²) in [5.74, 6) is -0.785. The van der Waals surface area contributed by atoms with Gasteiger partial charge >= 0.3 is 5.97 Å². The molecular formula is C4H8O4. The lowest BCUT2D eigenvalue weighted by molar-refractivity contribution is -0.174. The molecule has 8 heavy (non-hydrogen) atoms. The minimum Gasteiger partial charge on any atom is -0.465 e. The molecule has 0 aliphatic carbocycles. The molecular weight excluding hydrogens is 112 g/mol. The van der Waals surface area contributed by atoms with E-state index in [1.807, 2.05) is 0 Å². The first-order valence-corrected chi connectivity index (χ1v) is 2.01. The first-order chi connectivity index (χ1) is 3.72. The Morgan fingerprint density at radius 3 is 2.25 bits per heavy atom. The van der Waals surface area contributed by atoms with E-state index in [4.69, 9.17) is 5.11 Å². The van der Waals surface area contributed by atoms with E-state index in [0.29, 0.717) is 0 Å². The summed E-state index contributed by atoms with van der Waals surface area (Å²) < 4.78 is 8.27. The average Bonchev–Trinajstić information content (AvgIpc) is 1.84. The van der Waals surface area contributed by atoms with Crippen LogP contribution in [0.5, 0.6) is 0 Å². The molecule has 0 aromatic heterocycles. The lowest BCUT2D eigenvalue weighted by Gasteiger charge is -2.02. The number of carbonyl (C=O) groups is 1. The number of ether oxygens (including phenoxy) is 2. The molecule has 0 fully saturated rings. The Bertz CT molecular complexity index is 80.1. The van der Waals surface area contributed by atoms with E-state index in [0.717, 1.165) is 0 Å². The van der Waals surface area contributed by atoms with Gasteiger partial charge in [0.25, 0.3) is 6.29 Å². The molecule has 0 radical (unpaired) electrons. The Morgan fingerprint density at radius 2 is 2.12 bits per heavy atom. The molecule has 0 unspecified atom stereocenters. The largest absolute Gasteiger partial charge is 0.465 e. The molecule has 4 nitrogen and oxygen atoms in total. The first kappa shape index (κ1) is 7.39. The summed E-state index contributed by atoms with van der Waals surface area (Å²) in [6.45, 7) is 0. The van der Waals surface area contributed by atoms with Crippen LogP contribution in [-0.2, 0) is 14.3 Å². The fraction of sp³-hybridized carbons (Fsp3) is 0.750. The van der Waals surface area contributed by atoms with Gasteiger partial charge in [-0.15, -0.1) is 0 Å². The molecule has 0 heterocycles. The third kappa shape index (κ3) is 1.90.